The van der Waals surface area contributed by atoms with Gasteiger partial charge in [-0.3, -0.25) is 9.59 Å². The summed E-state index contributed by atoms with van der Waals surface area (Å²) in [7, 11) is 0. The third kappa shape index (κ3) is 3.20. The minimum atomic E-state index is -1.02. The maximum Gasteiger partial charge on any atom is 0.335 e. The number of thioether (sulfide) groups is 1. The summed E-state index contributed by atoms with van der Waals surface area (Å²) in [5.74, 6) is -1.45. The van der Waals surface area contributed by atoms with E-state index in [1.807, 2.05) is 0 Å². The highest BCUT2D eigenvalue weighted by molar-refractivity contribution is 8.19. The van der Waals surface area contributed by atoms with Crippen LogP contribution in [0.1, 0.15) is 15.9 Å². The summed E-state index contributed by atoms with van der Waals surface area (Å²) in [6.07, 6.45) is 1.56. The SMILES string of the molecule is O=C(O)c1ccc(/C=C2/SC(=O)N(c3ccc(Cl)cc3)C2=O)cc1. The van der Waals surface area contributed by atoms with Crippen molar-refractivity contribution in [3.8, 4) is 0 Å². The molecule has 0 bridgehead atoms. The summed E-state index contributed by atoms with van der Waals surface area (Å²) < 4.78 is 0. The molecule has 24 heavy (non-hydrogen) atoms. The lowest BCUT2D eigenvalue weighted by atomic mass is 10.1. The van der Waals surface area contributed by atoms with Gasteiger partial charge < -0.3 is 5.11 Å². The highest BCUT2D eigenvalue weighted by atomic mass is 35.5. The first-order chi connectivity index (χ1) is 11.5. The zero-order chi connectivity index (χ0) is 17.3. The van der Waals surface area contributed by atoms with Crippen LogP contribution in [0.25, 0.3) is 6.08 Å². The number of amides is 2. The summed E-state index contributed by atoms with van der Waals surface area (Å²) in [4.78, 5) is 36.8. The number of aromatic carboxylic acids is 1. The van der Waals surface area contributed by atoms with Gasteiger partial charge in [0.25, 0.3) is 11.1 Å². The molecule has 1 heterocycles. The quantitative estimate of drug-likeness (QED) is 0.828. The molecule has 3 rings (SSSR count). The van der Waals surface area contributed by atoms with E-state index in [2.05, 4.69) is 0 Å². The molecule has 1 N–H and O–H groups in total. The van der Waals surface area contributed by atoms with Crippen LogP contribution in [0.2, 0.25) is 5.02 Å². The van der Waals surface area contributed by atoms with Crippen molar-refractivity contribution >= 4 is 52.2 Å². The van der Waals surface area contributed by atoms with Gasteiger partial charge >= 0.3 is 5.97 Å². The number of hydrogen-bond acceptors (Lipinski definition) is 4. The molecule has 1 aliphatic heterocycles. The first kappa shape index (κ1) is 16.3. The van der Waals surface area contributed by atoms with Gasteiger partial charge in [-0.05, 0) is 59.8 Å². The van der Waals surface area contributed by atoms with Crippen molar-refractivity contribution in [3.63, 3.8) is 0 Å². The Morgan fingerprint density at radius 1 is 1.04 bits per heavy atom. The topological polar surface area (TPSA) is 74.7 Å². The molecule has 0 spiro atoms. The van der Waals surface area contributed by atoms with Gasteiger partial charge in [0.05, 0.1) is 16.2 Å². The Labute approximate surface area is 146 Å². The molecule has 7 heteroatoms. The number of benzene rings is 2. The molecule has 1 aliphatic rings. The van der Waals surface area contributed by atoms with Crippen molar-refractivity contribution in [2.24, 2.45) is 0 Å². The second-order valence-corrected chi connectivity index (χ2v) is 6.35. The van der Waals surface area contributed by atoms with Gasteiger partial charge in [-0.15, -0.1) is 0 Å². The van der Waals surface area contributed by atoms with E-state index in [-0.39, 0.29) is 10.5 Å². The average Bonchev–Trinajstić information content (AvgIpc) is 2.83. The van der Waals surface area contributed by atoms with Gasteiger partial charge in [0.2, 0.25) is 0 Å². The minimum absolute atomic E-state index is 0.154. The lowest BCUT2D eigenvalue weighted by molar-refractivity contribution is -0.113. The molecular formula is C17H10ClNO4S. The predicted octanol–water partition coefficient (Wildman–Crippen LogP) is 4.28. The Bertz CT molecular complexity index is 859. The van der Waals surface area contributed by atoms with E-state index in [9.17, 15) is 14.4 Å². The van der Waals surface area contributed by atoms with Crippen molar-refractivity contribution in [1.82, 2.24) is 0 Å². The van der Waals surface area contributed by atoms with Crippen LogP contribution in [0.15, 0.2) is 53.4 Å². The highest BCUT2D eigenvalue weighted by Crippen LogP contribution is 2.36. The van der Waals surface area contributed by atoms with Gasteiger partial charge in [0.1, 0.15) is 0 Å². The molecule has 2 aromatic rings. The number of carboxylic acids is 1. The smallest absolute Gasteiger partial charge is 0.335 e. The van der Waals surface area contributed by atoms with E-state index in [0.717, 1.165) is 16.7 Å². The standard InChI is InChI=1S/C17H10ClNO4S/c18-12-5-7-13(8-6-12)19-15(20)14(24-17(19)23)9-10-1-3-11(4-2-10)16(21)22/h1-9H,(H,21,22)/b14-9+. The van der Waals surface area contributed by atoms with E-state index in [1.165, 1.54) is 12.1 Å². The van der Waals surface area contributed by atoms with Gasteiger partial charge in [0.15, 0.2) is 0 Å². The summed E-state index contributed by atoms with van der Waals surface area (Å²) >= 11 is 6.65. The molecule has 1 saturated heterocycles. The van der Waals surface area contributed by atoms with Crippen LogP contribution in [0, 0.1) is 0 Å². The number of rotatable bonds is 3. The summed E-state index contributed by atoms with van der Waals surface area (Å²) in [6, 6.07) is 12.5. The van der Waals surface area contributed by atoms with E-state index in [1.54, 1.807) is 42.5 Å². The number of anilines is 1. The number of hydrogen-bond donors (Lipinski definition) is 1. The monoisotopic (exact) mass is 359 g/mol. The zero-order valence-corrected chi connectivity index (χ0v) is 13.7. The number of halogens is 1. The second kappa shape index (κ2) is 6.51. The molecule has 120 valence electrons. The fourth-order valence-electron chi connectivity index (χ4n) is 2.15. The summed E-state index contributed by atoms with van der Waals surface area (Å²) in [5.41, 5.74) is 1.24. The third-order valence-electron chi connectivity index (χ3n) is 3.33. The number of carboxylic acid groups (broad SMARTS) is 1. The molecule has 2 amide bonds. The van der Waals surface area contributed by atoms with Crippen LogP contribution in [0.5, 0.6) is 0 Å². The number of carbonyl (C=O) groups is 3. The predicted molar refractivity (Wildman–Crippen MR) is 93.3 cm³/mol. The van der Waals surface area contributed by atoms with Gasteiger partial charge in [0, 0.05) is 5.02 Å². The van der Waals surface area contributed by atoms with E-state index < -0.39 is 17.1 Å². The van der Waals surface area contributed by atoms with E-state index in [0.29, 0.717) is 16.3 Å². The molecular weight excluding hydrogens is 350 g/mol. The van der Waals surface area contributed by atoms with Crippen LogP contribution in [0.3, 0.4) is 0 Å². The van der Waals surface area contributed by atoms with Crippen LogP contribution in [-0.2, 0) is 4.79 Å². The maximum atomic E-state index is 12.5. The summed E-state index contributed by atoms with van der Waals surface area (Å²) in [5, 5.41) is 9.00. The molecule has 0 aliphatic carbocycles. The average molecular weight is 360 g/mol. The fourth-order valence-corrected chi connectivity index (χ4v) is 3.12. The highest BCUT2D eigenvalue weighted by Gasteiger charge is 2.36. The Kier molecular flexibility index (Phi) is 4.42. The van der Waals surface area contributed by atoms with Crippen LogP contribution < -0.4 is 4.90 Å². The van der Waals surface area contributed by atoms with Gasteiger partial charge in [-0.2, -0.15) is 0 Å². The van der Waals surface area contributed by atoms with E-state index >= 15 is 0 Å². The zero-order valence-electron chi connectivity index (χ0n) is 12.1. The minimum Gasteiger partial charge on any atom is -0.478 e. The summed E-state index contributed by atoms with van der Waals surface area (Å²) in [6.45, 7) is 0. The Morgan fingerprint density at radius 2 is 1.67 bits per heavy atom. The maximum absolute atomic E-state index is 12.5. The Morgan fingerprint density at radius 3 is 2.25 bits per heavy atom. The first-order valence-electron chi connectivity index (χ1n) is 6.82. The third-order valence-corrected chi connectivity index (χ3v) is 4.46. The largest absolute Gasteiger partial charge is 0.478 e. The van der Waals surface area contributed by atoms with Crippen molar-refractivity contribution < 1.29 is 19.5 Å². The molecule has 0 radical (unpaired) electrons. The first-order valence-corrected chi connectivity index (χ1v) is 8.02. The molecule has 2 aromatic carbocycles. The van der Waals surface area contributed by atoms with Crippen molar-refractivity contribution in [3.05, 3.63) is 69.6 Å². The number of imide groups is 1. The Hall–Kier alpha value is -2.57. The molecule has 0 unspecified atom stereocenters. The fraction of sp³-hybridized carbons (Fsp3) is 0. The molecule has 0 saturated carbocycles. The van der Waals surface area contributed by atoms with E-state index in [4.69, 9.17) is 16.7 Å². The van der Waals surface area contributed by atoms with Crippen molar-refractivity contribution in [2.45, 2.75) is 0 Å². The van der Waals surface area contributed by atoms with Crippen LogP contribution >= 0.6 is 23.4 Å². The van der Waals surface area contributed by atoms with Gasteiger partial charge in [-0.1, -0.05) is 23.7 Å². The van der Waals surface area contributed by atoms with Crippen LogP contribution in [0.4, 0.5) is 10.5 Å². The second-order valence-electron chi connectivity index (χ2n) is 4.92. The van der Waals surface area contributed by atoms with Crippen molar-refractivity contribution in [1.29, 1.82) is 0 Å². The lowest BCUT2D eigenvalue weighted by Crippen LogP contribution is -2.27. The molecule has 0 aromatic heterocycles. The van der Waals surface area contributed by atoms with Crippen LogP contribution in [-0.4, -0.2) is 22.2 Å². The normalized spacial score (nSPS) is 16.0. The number of carbonyl (C=O) groups excluding carboxylic acids is 2. The Balaban J connectivity index is 1.87. The molecule has 1 fully saturated rings. The van der Waals surface area contributed by atoms with Gasteiger partial charge in [-0.25, -0.2) is 9.69 Å². The molecule has 0 atom stereocenters. The molecule has 5 nitrogen and oxygen atoms in total. The lowest BCUT2D eigenvalue weighted by Gasteiger charge is -2.12. The number of nitrogens with zero attached hydrogens (tertiary/aromatic N) is 1. The van der Waals surface area contributed by atoms with Crippen molar-refractivity contribution in [2.75, 3.05) is 4.90 Å².